The number of nitro groups is 1. The normalized spacial score (nSPS) is 25.8. The van der Waals surface area contributed by atoms with Gasteiger partial charge in [0, 0.05) is 23.9 Å². The largest absolute Gasteiger partial charge is 0.292 e. The van der Waals surface area contributed by atoms with Crippen LogP contribution in [0.2, 0.25) is 0 Å². The zero-order valence-corrected chi connectivity index (χ0v) is 17.0. The predicted octanol–water partition coefficient (Wildman–Crippen LogP) is 2.50. The molecule has 0 N–H and O–H groups in total. The number of amides is 2. The molecule has 160 valence electrons. The fraction of sp³-hybridized carbons (Fsp3) is 0.217. The van der Waals surface area contributed by atoms with Crippen LogP contribution in [0, 0.1) is 28.9 Å². The molecule has 0 aromatic heterocycles. The van der Waals surface area contributed by atoms with E-state index in [1.54, 1.807) is 54.4 Å². The molecule has 2 fully saturated rings. The third-order valence-corrected chi connectivity index (χ3v) is 6.25. The van der Waals surface area contributed by atoms with Gasteiger partial charge in [0.1, 0.15) is 6.04 Å². The molecule has 9 heteroatoms. The third kappa shape index (κ3) is 2.78. The van der Waals surface area contributed by atoms with Gasteiger partial charge in [0.25, 0.3) is 5.69 Å². The summed E-state index contributed by atoms with van der Waals surface area (Å²) in [7, 11) is 0. The van der Waals surface area contributed by atoms with Crippen molar-refractivity contribution in [2.24, 2.45) is 16.9 Å². The fourth-order valence-electron chi connectivity index (χ4n) is 4.85. The molecule has 3 aliphatic heterocycles. The van der Waals surface area contributed by atoms with Gasteiger partial charge in [-0.3, -0.25) is 29.5 Å². The third-order valence-electron chi connectivity index (χ3n) is 6.25. The minimum absolute atomic E-state index is 0.126. The lowest BCUT2D eigenvalue weighted by Crippen LogP contribution is -2.46. The van der Waals surface area contributed by atoms with Gasteiger partial charge in [-0.1, -0.05) is 36.4 Å². The Bertz CT molecular complexity index is 1220. The molecule has 4 atom stereocenters. The van der Waals surface area contributed by atoms with Gasteiger partial charge in [0.05, 0.1) is 28.5 Å². The number of allylic oxidation sites excluding steroid dienone is 1. The topological polar surface area (TPSA) is 113 Å². The molecule has 0 aliphatic carbocycles. The number of rotatable bonds is 4. The van der Waals surface area contributed by atoms with Crippen LogP contribution in [-0.2, 0) is 9.59 Å². The molecule has 0 spiro atoms. The van der Waals surface area contributed by atoms with Crippen LogP contribution >= 0.6 is 0 Å². The molecule has 2 amide bonds. The fourth-order valence-corrected chi connectivity index (χ4v) is 4.85. The van der Waals surface area contributed by atoms with E-state index < -0.39 is 40.7 Å². The van der Waals surface area contributed by atoms with Gasteiger partial charge in [-0.15, -0.1) is 0 Å². The van der Waals surface area contributed by atoms with Gasteiger partial charge in [0.15, 0.2) is 5.78 Å². The molecule has 3 aliphatic rings. The summed E-state index contributed by atoms with van der Waals surface area (Å²) in [6.07, 6.45) is 5.02. The Balaban J connectivity index is 1.58. The Kier molecular flexibility index (Phi) is 4.47. The van der Waals surface area contributed by atoms with Crippen molar-refractivity contribution >= 4 is 35.2 Å². The summed E-state index contributed by atoms with van der Waals surface area (Å²) >= 11 is 0. The molecule has 2 aromatic rings. The molecule has 5 rings (SSSR count). The van der Waals surface area contributed by atoms with E-state index in [0.717, 1.165) is 4.90 Å². The quantitative estimate of drug-likeness (QED) is 0.319. The van der Waals surface area contributed by atoms with E-state index in [1.807, 2.05) is 0 Å². The van der Waals surface area contributed by atoms with Crippen molar-refractivity contribution in [3.05, 3.63) is 81.9 Å². The number of benzene rings is 2. The molecule has 1 unspecified atom stereocenters. The first-order valence-electron chi connectivity index (χ1n) is 10.1. The van der Waals surface area contributed by atoms with Gasteiger partial charge in [-0.2, -0.15) is 5.10 Å². The molecule has 32 heavy (non-hydrogen) atoms. The van der Waals surface area contributed by atoms with E-state index in [4.69, 9.17) is 0 Å². The van der Waals surface area contributed by atoms with Crippen LogP contribution in [0.1, 0.15) is 15.9 Å². The second kappa shape index (κ2) is 7.23. The van der Waals surface area contributed by atoms with E-state index >= 15 is 0 Å². The predicted molar refractivity (Wildman–Crippen MR) is 115 cm³/mol. The SMILES string of the molecule is Cc1cc([N+](=O)[O-])ccc1N1C(=O)[C@H]2[C@@H](C1=O)C1C=CC=NN1[C@H]2C(=O)c1ccccc1. The lowest BCUT2D eigenvalue weighted by atomic mass is 9.86. The van der Waals surface area contributed by atoms with E-state index in [-0.39, 0.29) is 11.5 Å². The second-order valence-corrected chi connectivity index (χ2v) is 7.99. The molecule has 2 aromatic carbocycles. The smallest absolute Gasteiger partial charge is 0.269 e. The number of Topliss-reactive ketones (excluding diaryl/α,β-unsaturated/α-hetero) is 1. The maximum absolute atomic E-state index is 13.6. The summed E-state index contributed by atoms with van der Waals surface area (Å²) < 4.78 is 0. The summed E-state index contributed by atoms with van der Waals surface area (Å²) in [6, 6.07) is 11.2. The van der Waals surface area contributed by atoms with Crippen LogP contribution in [0.4, 0.5) is 11.4 Å². The number of carbonyl (C=O) groups excluding carboxylic acids is 3. The molecule has 0 bridgehead atoms. The lowest BCUT2D eigenvalue weighted by molar-refractivity contribution is -0.384. The number of hydrazone groups is 1. The first-order valence-corrected chi connectivity index (χ1v) is 10.1. The summed E-state index contributed by atoms with van der Waals surface area (Å²) in [5.74, 6) is -2.89. The standard InChI is InChI=1S/C23H18N4O5/c1-13-12-15(27(31)32)9-10-16(13)25-22(29)18-17-8-5-11-24-26(17)20(19(18)23(25)30)21(28)14-6-3-2-4-7-14/h2-12,17-20H,1H3/t17?,18-,19-,20+/m0/s1. The van der Waals surface area contributed by atoms with E-state index in [0.29, 0.717) is 16.8 Å². The van der Waals surface area contributed by atoms with Crippen molar-refractivity contribution in [1.29, 1.82) is 0 Å². The van der Waals surface area contributed by atoms with Gasteiger partial charge >= 0.3 is 0 Å². The van der Waals surface area contributed by atoms with E-state index in [2.05, 4.69) is 5.10 Å². The first kappa shape index (κ1) is 19.8. The van der Waals surface area contributed by atoms with Crippen LogP contribution in [0.5, 0.6) is 0 Å². The Morgan fingerprint density at radius 3 is 2.47 bits per heavy atom. The molecule has 0 radical (unpaired) electrons. The molecule has 0 saturated carbocycles. The molecule has 2 saturated heterocycles. The van der Waals surface area contributed by atoms with Crippen LogP contribution in [0.3, 0.4) is 0 Å². The highest BCUT2D eigenvalue weighted by molar-refractivity contribution is 6.25. The van der Waals surface area contributed by atoms with Crippen LogP contribution in [0.15, 0.2) is 65.8 Å². The average molecular weight is 430 g/mol. The molecule has 3 heterocycles. The van der Waals surface area contributed by atoms with E-state index in [9.17, 15) is 24.5 Å². The number of nitrogens with zero attached hydrogens (tertiary/aromatic N) is 4. The number of carbonyl (C=O) groups is 3. The Labute approximate surface area is 182 Å². The highest BCUT2D eigenvalue weighted by Crippen LogP contribution is 2.46. The maximum Gasteiger partial charge on any atom is 0.269 e. The van der Waals surface area contributed by atoms with E-state index in [1.165, 1.54) is 24.4 Å². The van der Waals surface area contributed by atoms with Crippen LogP contribution < -0.4 is 4.90 Å². The Morgan fingerprint density at radius 2 is 1.78 bits per heavy atom. The molecular formula is C23H18N4O5. The number of aryl methyl sites for hydroxylation is 1. The van der Waals surface area contributed by atoms with Crippen LogP contribution in [-0.4, -0.2) is 45.8 Å². The Morgan fingerprint density at radius 1 is 1.06 bits per heavy atom. The number of hydrogen-bond donors (Lipinski definition) is 0. The first-order chi connectivity index (χ1) is 15.4. The van der Waals surface area contributed by atoms with Gasteiger partial charge < -0.3 is 0 Å². The summed E-state index contributed by atoms with van der Waals surface area (Å²) in [5, 5.41) is 17.0. The monoisotopic (exact) mass is 430 g/mol. The number of nitro benzene ring substituents is 1. The van der Waals surface area contributed by atoms with Gasteiger partial charge in [-0.05, 0) is 24.6 Å². The lowest BCUT2D eigenvalue weighted by Gasteiger charge is -2.30. The summed E-state index contributed by atoms with van der Waals surface area (Å²) in [5.41, 5.74) is 1.03. The zero-order valence-electron chi connectivity index (χ0n) is 17.0. The number of non-ortho nitro benzene ring substituents is 1. The minimum atomic E-state index is -0.923. The van der Waals surface area contributed by atoms with Crippen molar-refractivity contribution in [3.63, 3.8) is 0 Å². The summed E-state index contributed by atoms with van der Waals surface area (Å²) in [4.78, 5) is 52.1. The van der Waals surface area contributed by atoms with Crippen molar-refractivity contribution < 1.29 is 19.3 Å². The van der Waals surface area contributed by atoms with Gasteiger partial charge in [0.2, 0.25) is 11.8 Å². The number of ketones is 1. The van der Waals surface area contributed by atoms with Crippen LogP contribution in [0.25, 0.3) is 0 Å². The summed E-state index contributed by atoms with van der Waals surface area (Å²) in [6.45, 7) is 1.61. The highest BCUT2D eigenvalue weighted by Gasteiger charge is 2.64. The zero-order chi connectivity index (χ0) is 22.6. The average Bonchev–Trinajstić information content (AvgIpc) is 3.27. The Hall–Kier alpha value is -4.14. The van der Waals surface area contributed by atoms with Crippen molar-refractivity contribution in [3.8, 4) is 0 Å². The second-order valence-electron chi connectivity index (χ2n) is 7.99. The number of fused-ring (bicyclic) bond motifs is 3. The number of anilines is 1. The van der Waals surface area contributed by atoms with Crippen molar-refractivity contribution in [2.45, 2.75) is 19.0 Å². The minimum Gasteiger partial charge on any atom is -0.292 e. The highest BCUT2D eigenvalue weighted by atomic mass is 16.6. The van der Waals surface area contributed by atoms with Gasteiger partial charge in [-0.25, -0.2) is 4.90 Å². The van der Waals surface area contributed by atoms with Crippen molar-refractivity contribution in [2.75, 3.05) is 4.90 Å². The molecular weight excluding hydrogens is 412 g/mol. The maximum atomic E-state index is 13.6. The number of hydrogen-bond acceptors (Lipinski definition) is 7. The number of imide groups is 1. The van der Waals surface area contributed by atoms with Crippen molar-refractivity contribution in [1.82, 2.24) is 5.01 Å². The molecule has 9 nitrogen and oxygen atoms in total.